The molecule has 0 aliphatic carbocycles. The Bertz CT molecular complexity index is 1460. The third-order valence-electron chi connectivity index (χ3n) is 11.0. The van der Waals surface area contributed by atoms with Gasteiger partial charge in [-0.2, -0.15) is 5.21 Å². The molecule has 1 aliphatic heterocycles. The summed E-state index contributed by atoms with van der Waals surface area (Å²) < 4.78 is 12.0. The highest BCUT2D eigenvalue weighted by molar-refractivity contribution is 5.90. The fraction of sp³-hybridized carbons (Fsp3) is 0.718. The van der Waals surface area contributed by atoms with Crippen molar-refractivity contribution in [3.05, 3.63) is 41.7 Å². The number of hydrogen-bond acceptors (Lipinski definition) is 10. The smallest absolute Gasteiger partial charge is 0.245 e. The largest absolute Gasteiger partial charge is 0.379 e. The van der Waals surface area contributed by atoms with Crippen LogP contribution in [0, 0.1) is 23.7 Å². The number of likely N-dealkylation sites (tertiary alicyclic amines) is 1. The Morgan fingerprint density at radius 1 is 0.963 bits per heavy atom. The van der Waals surface area contributed by atoms with E-state index in [1.54, 1.807) is 38.1 Å². The lowest BCUT2D eigenvalue weighted by Crippen LogP contribution is -2.59. The number of benzene rings is 1. The first-order valence-corrected chi connectivity index (χ1v) is 19.4. The average Bonchev–Trinajstić information content (AvgIpc) is 3.87. The average molecular weight is 756 g/mol. The van der Waals surface area contributed by atoms with E-state index < -0.39 is 42.3 Å². The van der Waals surface area contributed by atoms with Gasteiger partial charge in [0.2, 0.25) is 23.6 Å². The minimum absolute atomic E-state index is 0.0196. The summed E-state index contributed by atoms with van der Waals surface area (Å²) in [7, 11) is 6.60. The number of methoxy groups -OCH3 is 2. The van der Waals surface area contributed by atoms with E-state index >= 15 is 0 Å². The van der Waals surface area contributed by atoms with Crippen molar-refractivity contribution in [2.45, 2.75) is 123 Å². The van der Waals surface area contributed by atoms with Crippen molar-refractivity contribution in [1.29, 1.82) is 0 Å². The van der Waals surface area contributed by atoms with Crippen molar-refractivity contribution < 1.29 is 28.7 Å². The van der Waals surface area contributed by atoms with Gasteiger partial charge in [0, 0.05) is 34.2 Å². The summed E-state index contributed by atoms with van der Waals surface area (Å²) in [4.78, 5) is 58.9. The first kappa shape index (κ1) is 44.4. The molecule has 15 nitrogen and oxygen atoms in total. The van der Waals surface area contributed by atoms with E-state index in [1.165, 1.54) is 0 Å². The van der Waals surface area contributed by atoms with Crippen molar-refractivity contribution in [2.24, 2.45) is 23.7 Å². The number of ether oxygens (including phenoxy) is 2. The first-order valence-electron chi connectivity index (χ1n) is 19.4. The van der Waals surface area contributed by atoms with Crippen LogP contribution in [-0.2, 0) is 35.1 Å². The topological polar surface area (TPSA) is 184 Å². The fourth-order valence-corrected chi connectivity index (χ4v) is 7.73. The van der Waals surface area contributed by atoms with E-state index in [9.17, 15) is 19.2 Å². The zero-order chi connectivity index (χ0) is 40.1. The summed E-state index contributed by atoms with van der Waals surface area (Å²) in [6.45, 7) is 14.1. The molecule has 2 heterocycles. The Balaban J connectivity index is 1.78. The molecule has 1 unspecified atom stereocenters. The molecule has 1 aromatic carbocycles. The minimum Gasteiger partial charge on any atom is -0.379 e. The number of likely N-dealkylation sites (N-methyl/N-ethyl adjacent to an activating group) is 2. The van der Waals surface area contributed by atoms with E-state index in [1.807, 2.05) is 78.8 Å². The second-order valence-corrected chi connectivity index (χ2v) is 15.4. The van der Waals surface area contributed by atoms with Crippen LogP contribution >= 0.6 is 0 Å². The van der Waals surface area contributed by atoms with Gasteiger partial charge in [0.1, 0.15) is 6.04 Å². The maximum absolute atomic E-state index is 14.2. The Kier molecular flexibility index (Phi) is 17.5. The molecule has 1 aliphatic rings. The number of aromatic amines is 1. The number of nitrogens with one attached hydrogen (secondary N) is 4. The minimum atomic E-state index is -0.762. The van der Waals surface area contributed by atoms with E-state index in [-0.39, 0.29) is 53.8 Å². The number of carbonyl (C=O) groups is 4. The van der Waals surface area contributed by atoms with Gasteiger partial charge in [-0.25, -0.2) is 0 Å². The van der Waals surface area contributed by atoms with Crippen LogP contribution in [0.3, 0.4) is 0 Å². The van der Waals surface area contributed by atoms with Crippen LogP contribution in [0.25, 0.3) is 0 Å². The third kappa shape index (κ3) is 11.3. The summed E-state index contributed by atoms with van der Waals surface area (Å²) in [5.74, 6) is -1.26. The van der Waals surface area contributed by atoms with Crippen LogP contribution in [0.1, 0.15) is 91.6 Å². The molecule has 3 rings (SSSR count). The van der Waals surface area contributed by atoms with Crippen LogP contribution in [0.5, 0.6) is 0 Å². The molecule has 0 spiro atoms. The van der Waals surface area contributed by atoms with E-state index in [2.05, 4.69) is 36.6 Å². The van der Waals surface area contributed by atoms with Crippen LogP contribution in [0.4, 0.5) is 0 Å². The highest BCUT2D eigenvalue weighted by Gasteiger charge is 2.43. The zero-order valence-electron chi connectivity index (χ0n) is 34.2. The molecule has 15 heteroatoms. The molecule has 54 heavy (non-hydrogen) atoms. The molecule has 9 atom stereocenters. The normalized spacial score (nSPS) is 19.1. The van der Waals surface area contributed by atoms with Crippen LogP contribution in [0.2, 0.25) is 0 Å². The predicted octanol–water partition coefficient (Wildman–Crippen LogP) is 2.90. The summed E-state index contributed by atoms with van der Waals surface area (Å²) in [5.41, 5.74) is 1.00. The maximum atomic E-state index is 14.2. The van der Waals surface area contributed by atoms with Crippen LogP contribution in [0.15, 0.2) is 30.3 Å². The van der Waals surface area contributed by atoms with Gasteiger partial charge in [0.05, 0.1) is 48.7 Å². The second kappa shape index (κ2) is 21.2. The van der Waals surface area contributed by atoms with Gasteiger partial charge in [-0.3, -0.25) is 19.2 Å². The van der Waals surface area contributed by atoms with Gasteiger partial charge in [-0.1, -0.05) is 90.4 Å². The molecule has 1 saturated heterocycles. The van der Waals surface area contributed by atoms with Crippen LogP contribution in [-0.4, -0.2) is 125 Å². The molecule has 1 aromatic heterocycles. The molecule has 4 amide bonds. The van der Waals surface area contributed by atoms with Gasteiger partial charge in [0.15, 0.2) is 5.82 Å². The number of tetrazole rings is 1. The monoisotopic (exact) mass is 756 g/mol. The summed E-state index contributed by atoms with van der Waals surface area (Å²) >= 11 is 0. The zero-order valence-corrected chi connectivity index (χ0v) is 34.2. The number of carbonyl (C=O) groups excluding carboxylic acids is 4. The molecule has 0 saturated carbocycles. The Morgan fingerprint density at radius 3 is 2.17 bits per heavy atom. The number of nitrogens with zero attached hydrogens (tertiary/aromatic N) is 5. The number of H-pyrrole nitrogens is 1. The quantitative estimate of drug-likeness (QED) is 0.148. The lowest BCUT2D eigenvalue weighted by Gasteiger charge is -2.41. The molecule has 0 radical (unpaired) electrons. The van der Waals surface area contributed by atoms with E-state index in [0.717, 1.165) is 18.4 Å². The lowest BCUT2D eigenvalue weighted by atomic mass is 9.89. The predicted molar refractivity (Wildman–Crippen MR) is 206 cm³/mol. The Labute approximate surface area is 321 Å². The first-order chi connectivity index (χ1) is 25.7. The summed E-state index contributed by atoms with van der Waals surface area (Å²) in [6.07, 6.45) is 1.46. The molecular formula is C39H65N9O6. The number of amides is 4. The molecule has 2 aromatic rings. The second-order valence-electron chi connectivity index (χ2n) is 15.4. The third-order valence-corrected chi connectivity index (χ3v) is 11.0. The highest BCUT2D eigenvalue weighted by Crippen LogP contribution is 2.30. The molecule has 4 N–H and O–H groups in total. The Hall–Kier alpha value is -3.95. The van der Waals surface area contributed by atoms with Gasteiger partial charge < -0.3 is 35.2 Å². The van der Waals surface area contributed by atoms with E-state index in [4.69, 9.17) is 9.47 Å². The van der Waals surface area contributed by atoms with Gasteiger partial charge in [0.25, 0.3) is 0 Å². The Morgan fingerprint density at radius 2 is 1.63 bits per heavy atom. The fourth-order valence-electron chi connectivity index (χ4n) is 7.73. The van der Waals surface area contributed by atoms with Gasteiger partial charge in [-0.05, 0) is 43.2 Å². The molecule has 302 valence electrons. The molecule has 1 fully saturated rings. The van der Waals surface area contributed by atoms with Crippen molar-refractivity contribution >= 4 is 23.6 Å². The summed E-state index contributed by atoms with van der Waals surface area (Å²) in [6, 6.07) is 7.23. The molecular weight excluding hydrogens is 690 g/mol. The maximum Gasteiger partial charge on any atom is 0.245 e. The SMILES string of the molecule is CC[C@H](C)[C@@H]([C@@H](CC(=O)N1CCC[C@H]1[C@H](OC)[C@@H](C)C(=O)N[C@@H](Cc1ccccc1)c1nn[nH]n1)OC)N(C)C(=O)[C@@H](NC(=O)C(NC)C(C)C)C(C)C. The molecule has 0 bridgehead atoms. The highest BCUT2D eigenvalue weighted by atomic mass is 16.5. The number of hydrogen-bond donors (Lipinski definition) is 4. The van der Waals surface area contributed by atoms with Gasteiger partial charge in [-0.15, -0.1) is 10.2 Å². The lowest BCUT2D eigenvalue weighted by molar-refractivity contribution is -0.147. The summed E-state index contributed by atoms with van der Waals surface area (Å²) in [5, 5.41) is 23.6. The van der Waals surface area contributed by atoms with Crippen LogP contribution < -0.4 is 16.0 Å². The number of aromatic nitrogens is 4. The van der Waals surface area contributed by atoms with Crippen molar-refractivity contribution in [2.75, 3.05) is 34.9 Å². The van der Waals surface area contributed by atoms with Gasteiger partial charge >= 0.3 is 0 Å². The standard InChI is InChI=1S/C39H65N9O6/c1-12-25(6)34(47(9)39(52)33(24(4)5)42-38(51)32(40-8)23(2)3)30(53-10)22-31(49)48-20-16-19-29(48)35(54-11)26(7)37(50)41-28(36-43-45-46-44-36)21-27-17-14-13-15-18-27/h13-15,17-18,23-26,28-30,32-35,40H,12,16,19-22H2,1-11H3,(H,41,50)(H,42,51)(H,43,44,45,46)/t25-,26+,28-,29-,30+,32?,33-,34-,35+/m0/s1. The van der Waals surface area contributed by atoms with Crippen molar-refractivity contribution in [1.82, 2.24) is 46.4 Å². The van der Waals surface area contributed by atoms with E-state index in [0.29, 0.717) is 25.2 Å². The number of rotatable bonds is 21. The van der Waals surface area contributed by atoms with Crippen molar-refractivity contribution in [3.8, 4) is 0 Å². The van der Waals surface area contributed by atoms with Crippen molar-refractivity contribution in [3.63, 3.8) is 0 Å².